The van der Waals surface area contributed by atoms with Crippen molar-refractivity contribution < 1.29 is 9.90 Å². The topological polar surface area (TPSA) is 141 Å². The molecule has 2 aromatic carbocycles. The second kappa shape index (κ2) is 10.7. The van der Waals surface area contributed by atoms with Gasteiger partial charge in [-0.05, 0) is 42.7 Å². The standard InChI is InChI=1S/C19H20N6O.C7H6O2/c20-11-13-3-1-2-4-14(13)12-25-18(26)16-5-8-22-17(16)23-19(25)24-9-6-15(21)7-10-24;8-7(9)6-4-2-1-3-5-6/h1-5,8,15,22H,6-7,9-10,12,21H2;1-5H,(H,8,9). The number of aromatic carboxylic acids is 1. The van der Waals surface area contributed by atoms with Crippen molar-refractivity contribution in [3.63, 3.8) is 0 Å². The molecule has 1 fully saturated rings. The first-order chi connectivity index (χ1) is 17.0. The van der Waals surface area contributed by atoms with E-state index < -0.39 is 5.97 Å². The van der Waals surface area contributed by atoms with Gasteiger partial charge in [0.25, 0.3) is 5.56 Å². The van der Waals surface area contributed by atoms with Gasteiger partial charge >= 0.3 is 5.97 Å². The van der Waals surface area contributed by atoms with Gasteiger partial charge in [-0.25, -0.2) is 4.79 Å². The number of nitrogens with one attached hydrogen (secondary N) is 1. The predicted octanol–water partition coefficient (Wildman–Crippen LogP) is 2.96. The van der Waals surface area contributed by atoms with Crippen LogP contribution in [0.3, 0.4) is 0 Å². The lowest BCUT2D eigenvalue weighted by molar-refractivity contribution is 0.0697. The van der Waals surface area contributed by atoms with E-state index in [-0.39, 0.29) is 11.6 Å². The molecule has 0 atom stereocenters. The number of aromatic nitrogens is 3. The van der Waals surface area contributed by atoms with Gasteiger partial charge in [-0.1, -0.05) is 36.4 Å². The molecule has 9 nitrogen and oxygen atoms in total. The maximum atomic E-state index is 13.1. The van der Waals surface area contributed by atoms with E-state index in [0.717, 1.165) is 31.5 Å². The number of carboxylic acid groups (broad SMARTS) is 1. The van der Waals surface area contributed by atoms with E-state index in [9.17, 15) is 14.9 Å². The number of aromatic amines is 1. The van der Waals surface area contributed by atoms with Crippen molar-refractivity contribution in [2.45, 2.75) is 25.4 Å². The van der Waals surface area contributed by atoms with Crippen LogP contribution in [-0.2, 0) is 6.54 Å². The van der Waals surface area contributed by atoms with Gasteiger partial charge in [0.1, 0.15) is 5.65 Å². The van der Waals surface area contributed by atoms with E-state index in [2.05, 4.69) is 16.0 Å². The highest BCUT2D eigenvalue weighted by Crippen LogP contribution is 2.20. The highest BCUT2D eigenvalue weighted by Gasteiger charge is 2.22. The summed E-state index contributed by atoms with van der Waals surface area (Å²) in [6, 6.07) is 19.8. The average Bonchev–Trinajstić information content (AvgIpc) is 3.36. The number of benzene rings is 2. The van der Waals surface area contributed by atoms with Gasteiger partial charge in [0.2, 0.25) is 5.95 Å². The Labute approximate surface area is 202 Å². The Bertz CT molecular complexity index is 1410. The molecule has 0 radical (unpaired) electrons. The van der Waals surface area contributed by atoms with Crippen LogP contribution in [0.4, 0.5) is 5.95 Å². The SMILES string of the molecule is N#Cc1ccccc1Cn1c(N2CCC(N)CC2)nc2[nH]ccc2c1=O.O=C(O)c1ccccc1. The molecule has 0 aliphatic carbocycles. The molecule has 178 valence electrons. The van der Waals surface area contributed by atoms with Crippen molar-refractivity contribution in [1.82, 2.24) is 14.5 Å². The molecule has 0 saturated carbocycles. The number of hydrogen-bond donors (Lipinski definition) is 3. The van der Waals surface area contributed by atoms with E-state index in [4.69, 9.17) is 15.8 Å². The number of hydrogen-bond acceptors (Lipinski definition) is 6. The fraction of sp³-hybridized carbons (Fsp3) is 0.231. The van der Waals surface area contributed by atoms with Gasteiger partial charge < -0.3 is 20.7 Å². The number of fused-ring (bicyclic) bond motifs is 1. The summed E-state index contributed by atoms with van der Waals surface area (Å²) in [7, 11) is 0. The third-order valence-corrected chi connectivity index (χ3v) is 5.96. The van der Waals surface area contributed by atoms with Crippen LogP contribution in [0.2, 0.25) is 0 Å². The van der Waals surface area contributed by atoms with E-state index >= 15 is 0 Å². The van der Waals surface area contributed by atoms with Gasteiger partial charge in [-0.3, -0.25) is 9.36 Å². The molecule has 0 unspecified atom stereocenters. The molecule has 35 heavy (non-hydrogen) atoms. The summed E-state index contributed by atoms with van der Waals surface area (Å²) in [5.41, 5.74) is 8.22. The molecule has 5 rings (SSSR count). The first kappa shape index (κ1) is 23.7. The average molecular weight is 471 g/mol. The van der Waals surface area contributed by atoms with E-state index in [1.807, 2.05) is 18.2 Å². The van der Waals surface area contributed by atoms with Crippen LogP contribution < -0.4 is 16.2 Å². The largest absolute Gasteiger partial charge is 0.478 e. The molecule has 2 aromatic heterocycles. The minimum atomic E-state index is -0.879. The molecule has 9 heteroatoms. The summed E-state index contributed by atoms with van der Waals surface area (Å²) in [5.74, 6) is -0.250. The van der Waals surface area contributed by atoms with Gasteiger partial charge in [-0.2, -0.15) is 10.2 Å². The molecule has 0 amide bonds. The van der Waals surface area contributed by atoms with Crippen molar-refractivity contribution in [2.75, 3.05) is 18.0 Å². The van der Waals surface area contributed by atoms with Crippen LogP contribution in [-0.4, -0.2) is 44.7 Å². The summed E-state index contributed by atoms with van der Waals surface area (Å²) in [5, 5.41) is 18.3. The lowest BCUT2D eigenvalue weighted by Crippen LogP contribution is -2.42. The van der Waals surface area contributed by atoms with Crippen LogP contribution in [0.5, 0.6) is 0 Å². The van der Waals surface area contributed by atoms with E-state index in [0.29, 0.717) is 34.7 Å². The number of H-pyrrole nitrogens is 1. The number of nitrogens with two attached hydrogens (primary N) is 1. The quantitative estimate of drug-likeness (QED) is 0.416. The van der Waals surface area contributed by atoms with Crippen LogP contribution in [0.1, 0.15) is 34.3 Å². The van der Waals surface area contributed by atoms with Crippen LogP contribution >= 0.6 is 0 Å². The van der Waals surface area contributed by atoms with E-state index in [1.165, 1.54) is 0 Å². The Morgan fingerprint density at radius 2 is 1.80 bits per heavy atom. The van der Waals surface area contributed by atoms with Gasteiger partial charge in [0, 0.05) is 25.3 Å². The lowest BCUT2D eigenvalue weighted by Gasteiger charge is -2.32. The Hall–Kier alpha value is -4.42. The Morgan fingerprint density at radius 3 is 2.46 bits per heavy atom. The number of carboxylic acids is 1. The number of carbonyl (C=O) groups is 1. The minimum absolute atomic E-state index is 0.103. The third-order valence-electron chi connectivity index (χ3n) is 5.96. The van der Waals surface area contributed by atoms with Crippen molar-refractivity contribution in [3.05, 3.63) is 93.9 Å². The molecule has 4 aromatic rings. The molecule has 1 aliphatic heterocycles. The molecule has 3 heterocycles. The molecule has 1 aliphatic rings. The fourth-order valence-corrected chi connectivity index (χ4v) is 4.02. The summed E-state index contributed by atoms with van der Waals surface area (Å²) < 4.78 is 1.67. The number of nitriles is 1. The van der Waals surface area contributed by atoms with E-state index in [1.54, 1.807) is 53.2 Å². The molecule has 4 N–H and O–H groups in total. The number of anilines is 1. The van der Waals surface area contributed by atoms with Crippen molar-refractivity contribution in [1.29, 1.82) is 5.26 Å². The smallest absolute Gasteiger partial charge is 0.335 e. The highest BCUT2D eigenvalue weighted by atomic mass is 16.4. The zero-order valence-electron chi connectivity index (χ0n) is 19.1. The minimum Gasteiger partial charge on any atom is -0.478 e. The number of nitrogens with zero attached hydrogens (tertiary/aromatic N) is 4. The molecule has 0 spiro atoms. The predicted molar refractivity (Wildman–Crippen MR) is 133 cm³/mol. The maximum absolute atomic E-state index is 13.1. The summed E-state index contributed by atoms with van der Waals surface area (Å²) in [4.78, 5) is 33.1. The van der Waals surface area contributed by atoms with Crippen molar-refractivity contribution >= 4 is 23.0 Å². The molecular weight excluding hydrogens is 444 g/mol. The molecule has 0 bridgehead atoms. The summed E-state index contributed by atoms with van der Waals surface area (Å²) in [6.45, 7) is 1.84. The number of piperidine rings is 1. The van der Waals surface area contributed by atoms with Crippen LogP contribution in [0, 0.1) is 11.3 Å². The normalized spacial score (nSPS) is 13.7. The monoisotopic (exact) mass is 470 g/mol. The number of rotatable bonds is 4. The van der Waals surface area contributed by atoms with Crippen molar-refractivity contribution in [3.8, 4) is 6.07 Å². The van der Waals surface area contributed by atoms with Crippen molar-refractivity contribution in [2.24, 2.45) is 5.73 Å². The molecular formula is C26H26N6O3. The second-order valence-corrected chi connectivity index (χ2v) is 8.31. The Kier molecular flexibility index (Phi) is 7.24. The van der Waals surface area contributed by atoms with Gasteiger partial charge in [0.15, 0.2) is 0 Å². The van der Waals surface area contributed by atoms with Crippen LogP contribution in [0.15, 0.2) is 71.7 Å². The second-order valence-electron chi connectivity index (χ2n) is 8.31. The van der Waals surface area contributed by atoms with Gasteiger partial charge in [-0.15, -0.1) is 0 Å². The lowest BCUT2D eigenvalue weighted by atomic mass is 10.1. The highest BCUT2D eigenvalue weighted by molar-refractivity contribution is 5.87. The Morgan fingerprint density at radius 1 is 1.11 bits per heavy atom. The fourth-order valence-electron chi connectivity index (χ4n) is 4.02. The first-order valence-corrected chi connectivity index (χ1v) is 11.3. The zero-order valence-corrected chi connectivity index (χ0v) is 19.1. The third kappa shape index (κ3) is 5.39. The maximum Gasteiger partial charge on any atom is 0.335 e. The molecule has 1 saturated heterocycles. The van der Waals surface area contributed by atoms with Crippen LogP contribution in [0.25, 0.3) is 11.0 Å². The summed E-state index contributed by atoms with van der Waals surface area (Å²) >= 11 is 0. The Balaban J connectivity index is 0.000000271. The zero-order chi connectivity index (χ0) is 24.8. The first-order valence-electron chi connectivity index (χ1n) is 11.3. The van der Waals surface area contributed by atoms with Gasteiger partial charge in [0.05, 0.1) is 29.1 Å². The summed E-state index contributed by atoms with van der Waals surface area (Å²) in [6.07, 6.45) is 3.46.